The zero-order valence-electron chi connectivity index (χ0n) is 10.4. The number of hydrogen-bond acceptors (Lipinski definition) is 1. The Morgan fingerprint density at radius 1 is 1.31 bits per heavy atom. The van der Waals surface area contributed by atoms with Crippen LogP contribution in [0.25, 0.3) is 0 Å². The van der Waals surface area contributed by atoms with Gasteiger partial charge in [0.1, 0.15) is 0 Å². The van der Waals surface area contributed by atoms with Gasteiger partial charge >= 0.3 is 0 Å². The summed E-state index contributed by atoms with van der Waals surface area (Å²) in [4.78, 5) is 2.56. The maximum atomic E-state index is 2.56. The standard InChI is InChI=1S/C15H21N/c1-15-9-10-16(2)13(11-15)8-7-12-5-3-4-6-14(12)15/h3-6,13H,7-11H2,1-2H3. The van der Waals surface area contributed by atoms with Gasteiger partial charge in [-0.25, -0.2) is 0 Å². The minimum atomic E-state index is 0.435. The maximum absolute atomic E-state index is 2.56. The molecule has 1 saturated heterocycles. The SMILES string of the molecule is CN1CCC2(C)CC1CCc1ccccc12. The van der Waals surface area contributed by atoms with E-state index in [2.05, 4.69) is 43.1 Å². The summed E-state index contributed by atoms with van der Waals surface area (Å²) in [5.41, 5.74) is 3.66. The summed E-state index contributed by atoms with van der Waals surface area (Å²) >= 11 is 0. The van der Waals surface area contributed by atoms with Gasteiger partial charge in [-0.2, -0.15) is 0 Å². The van der Waals surface area contributed by atoms with Crippen molar-refractivity contribution >= 4 is 0 Å². The van der Waals surface area contributed by atoms with Gasteiger partial charge in [0.05, 0.1) is 0 Å². The molecule has 1 heteroatoms. The van der Waals surface area contributed by atoms with E-state index in [0.29, 0.717) is 5.41 Å². The van der Waals surface area contributed by atoms with Crippen molar-refractivity contribution in [1.29, 1.82) is 0 Å². The lowest BCUT2D eigenvalue weighted by Crippen LogP contribution is -2.44. The van der Waals surface area contributed by atoms with E-state index in [9.17, 15) is 0 Å². The van der Waals surface area contributed by atoms with E-state index in [0.717, 1.165) is 6.04 Å². The summed E-state index contributed by atoms with van der Waals surface area (Å²) in [6.45, 7) is 3.73. The Bertz CT molecular complexity index is 398. The van der Waals surface area contributed by atoms with Crippen molar-refractivity contribution in [3.05, 3.63) is 35.4 Å². The largest absolute Gasteiger partial charge is 0.303 e. The van der Waals surface area contributed by atoms with E-state index in [1.165, 1.54) is 32.2 Å². The molecule has 1 heterocycles. The normalized spacial score (nSPS) is 34.2. The Kier molecular flexibility index (Phi) is 2.32. The molecule has 0 aromatic heterocycles. The van der Waals surface area contributed by atoms with Crippen LogP contribution in [0.1, 0.15) is 37.3 Å². The van der Waals surface area contributed by atoms with E-state index in [-0.39, 0.29) is 0 Å². The molecule has 3 rings (SSSR count). The Morgan fingerprint density at radius 3 is 3.00 bits per heavy atom. The molecule has 1 fully saturated rings. The fourth-order valence-electron chi connectivity index (χ4n) is 3.60. The van der Waals surface area contributed by atoms with E-state index < -0.39 is 0 Å². The first-order chi connectivity index (χ1) is 7.69. The summed E-state index contributed by atoms with van der Waals surface area (Å²) in [5.74, 6) is 0. The van der Waals surface area contributed by atoms with Crippen molar-refractivity contribution in [1.82, 2.24) is 4.90 Å². The highest BCUT2D eigenvalue weighted by Crippen LogP contribution is 2.42. The van der Waals surface area contributed by atoms with E-state index in [1.807, 2.05) is 0 Å². The third-order valence-corrected chi connectivity index (χ3v) is 4.74. The van der Waals surface area contributed by atoms with Gasteiger partial charge < -0.3 is 4.90 Å². The highest BCUT2D eigenvalue weighted by molar-refractivity contribution is 5.36. The molecule has 0 N–H and O–H groups in total. The number of piperidine rings is 1. The van der Waals surface area contributed by atoms with Gasteiger partial charge in [-0.3, -0.25) is 0 Å². The molecule has 1 aliphatic heterocycles. The minimum Gasteiger partial charge on any atom is -0.303 e. The molecule has 1 aromatic rings. The van der Waals surface area contributed by atoms with Crippen LogP contribution in [0.3, 0.4) is 0 Å². The molecule has 2 unspecified atom stereocenters. The second-order valence-electron chi connectivity index (χ2n) is 5.85. The summed E-state index contributed by atoms with van der Waals surface area (Å²) in [6, 6.07) is 9.90. The topological polar surface area (TPSA) is 3.24 Å². The van der Waals surface area contributed by atoms with Crippen molar-refractivity contribution in [2.75, 3.05) is 13.6 Å². The monoisotopic (exact) mass is 215 g/mol. The minimum absolute atomic E-state index is 0.435. The Balaban J connectivity index is 2.06. The number of rotatable bonds is 0. The molecule has 86 valence electrons. The predicted molar refractivity (Wildman–Crippen MR) is 67.8 cm³/mol. The molecular formula is C15H21N. The highest BCUT2D eigenvalue weighted by atomic mass is 15.1. The molecule has 0 spiro atoms. The van der Waals surface area contributed by atoms with Crippen LogP contribution in [0.4, 0.5) is 0 Å². The van der Waals surface area contributed by atoms with Crippen molar-refractivity contribution in [2.24, 2.45) is 0 Å². The molecule has 0 amide bonds. The van der Waals surface area contributed by atoms with E-state index >= 15 is 0 Å². The molecule has 16 heavy (non-hydrogen) atoms. The molecular weight excluding hydrogens is 194 g/mol. The fraction of sp³-hybridized carbons (Fsp3) is 0.600. The highest BCUT2D eigenvalue weighted by Gasteiger charge is 2.39. The molecule has 1 aliphatic carbocycles. The van der Waals surface area contributed by atoms with E-state index in [1.54, 1.807) is 11.1 Å². The molecule has 2 aliphatic rings. The van der Waals surface area contributed by atoms with Crippen molar-refractivity contribution in [2.45, 2.75) is 44.1 Å². The first-order valence-corrected chi connectivity index (χ1v) is 6.48. The summed E-state index contributed by atoms with van der Waals surface area (Å²) in [6.07, 6.45) is 5.27. The number of benzene rings is 1. The molecule has 1 aromatic carbocycles. The third kappa shape index (κ3) is 1.49. The van der Waals surface area contributed by atoms with Crippen LogP contribution < -0.4 is 0 Å². The second kappa shape index (κ2) is 3.59. The van der Waals surface area contributed by atoms with Gasteiger partial charge in [-0.05, 0) is 55.8 Å². The Hall–Kier alpha value is -0.820. The Labute approximate surface area is 98.5 Å². The van der Waals surface area contributed by atoms with Crippen LogP contribution in [0, 0.1) is 0 Å². The van der Waals surface area contributed by atoms with Gasteiger partial charge in [-0.15, -0.1) is 0 Å². The van der Waals surface area contributed by atoms with Crippen LogP contribution in [-0.4, -0.2) is 24.5 Å². The predicted octanol–water partition coefficient (Wildman–Crippen LogP) is 2.98. The van der Waals surface area contributed by atoms with Crippen LogP contribution in [0.2, 0.25) is 0 Å². The average Bonchev–Trinajstić information content (AvgIpc) is 2.42. The van der Waals surface area contributed by atoms with Crippen LogP contribution in [-0.2, 0) is 11.8 Å². The number of likely N-dealkylation sites (tertiary alicyclic amines) is 1. The number of nitrogens with zero attached hydrogens (tertiary/aromatic N) is 1. The summed E-state index contributed by atoms with van der Waals surface area (Å²) in [5, 5.41) is 0. The quantitative estimate of drug-likeness (QED) is 0.643. The first-order valence-electron chi connectivity index (χ1n) is 6.48. The number of hydrogen-bond donors (Lipinski definition) is 0. The fourth-order valence-corrected chi connectivity index (χ4v) is 3.60. The van der Waals surface area contributed by atoms with Gasteiger partial charge in [0.2, 0.25) is 0 Å². The first kappa shape index (κ1) is 10.3. The van der Waals surface area contributed by atoms with Crippen LogP contribution >= 0.6 is 0 Å². The molecule has 2 bridgehead atoms. The zero-order valence-corrected chi connectivity index (χ0v) is 10.4. The van der Waals surface area contributed by atoms with Crippen LogP contribution in [0.5, 0.6) is 0 Å². The summed E-state index contributed by atoms with van der Waals surface area (Å²) in [7, 11) is 2.29. The smallest absolute Gasteiger partial charge is 0.0104 e. The van der Waals surface area contributed by atoms with Crippen molar-refractivity contribution < 1.29 is 0 Å². The number of fused-ring (bicyclic) bond motifs is 4. The lowest BCUT2D eigenvalue weighted by Gasteiger charge is -2.42. The van der Waals surface area contributed by atoms with Gasteiger partial charge in [0, 0.05) is 6.04 Å². The van der Waals surface area contributed by atoms with Crippen LogP contribution in [0.15, 0.2) is 24.3 Å². The zero-order chi connectivity index (χ0) is 11.2. The van der Waals surface area contributed by atoms with Crippen molar-refractivity contribution in [3.63, 3.8) is 0 Å². The van der Waals surface area contributed by atoms with Gasteiger partial charge in [-0.1, -0.05) is 31.2 Å². The lowest BCUT2D eigenvalue weighted by molar-refractivity contribution is 0.126. The summed E-state index contributed by atoms with van der Waals surface area (Å²) < 4.78 is 0. The third-order valence-electron chi connectivity index (χ3n) is 4.74. The number of aryl methyl sites for hydroxylation is 1. The molecule has 0 saturated carbocycles. The van der Waals surface area contributed by atoms with E-state index in [4.69, 9.17) is 0 Å². The molecule has 1 nitrogen and oxygen atoms in total. The second-order valence-corrected chi connectivity index (χ2v) is 5.85. The molecule has 0 radical (unpaired) electrons. The Morgan fingerprint density at radius 2 is 2.12 bits per heavy atom. The van der Waals surface area contributed by atoms with Crippen molar-refractivity contribution in [3.8, 4) is 0 Å². The lowest BCUT2D eigenvalue weighted by atomic mass is 9.72. The maximum Gasteiger partial charge on any atom is 0.0104 e. The van der Waals surface area contributed by atoms with Gasteiger partial charge in [0.15, 0.2) is 0 Å². The van der Waals surface area contributed by atoms with Gasteiger partial charge in [0.25, 0.3) is 0 Å². The average molecular weight is 215 g/mol. The molecule has 2 atom stereocenters.